The first-order valence-electron chi connectivity index (χ1n) is 13.0. The third kappa shape index (κ3) is 4.75. The molecule has 6 aromatic carbocycles. The standard InChI is InChI=1S/C37H29N/c1-38(32-22-24-34(28-14-6-2-7-15-28)36(26-32)30-18-10-4-11-19-30)33-23-25-35(29-16-8-3-9-17-29)37(27-33)31-20-12-5-13-21-31/h2-27H,1H3. The molecule has 0 aliphatic heterocycles. The van der Waals surface area contributed by atoms with Gasteiger partial charge in [-0.2, -0.15) is 0 Å². The molecule has 182 valence electrons. The fraction of sp³-hybridized carbons (Fsp3) is 0.0270. The van der Waals surface area contributed by atoms with Gasteiger partial charge in [0, 0.05) is 18.4 Å². The van der Waals surface area contributed by atoms with Crippen LogP contribution in [-0.2, 0) is 0 Å². The molecule has 0 heterocycles. The molecule has 0 aliphatic carbocycles. The summed E-state index contributed by atoms with van der Waals surface area (Å²) in [7, 11) is 2.15. The summed E-state index contributed by atoms with van der Waals surface area (Å²) in [6, 6.07) is 56.1. The minimum absolute atomic E-state index is 1.15. The molecule has 0 bridgehead atoms. The lowest BCUT2D eigenvalue weighted by Crippen LogP contribution is -2.10. The molecular formula is C37H29N. The molecule has 0 aromatic heterocycles. The second kappa shape index (κ2) is 10.6. The first-order chi connectivity index (χ1) is 18.8. The highest BCUT2D eigenvalue weighted by Crippen LogP contribution is 2.39. The predicted molar refractivity (Wildman–Crippen MR) is 163 cm³/mol. The summed E-state index contributed by atoms with van der Waals surface area (Å²) in [5.41, 5.74) is 12.1. The van der Waals surface area contributed by atoms with E-state index in [1.807, 2.05) is 0 Å². The number of benzene rings is 6. The van der Waals surface area contributed by atoms with Gasteiger partial charge in [0.15, 0.2) is 0 Å². The van der Waals surface area contributed by atoms with Gasteiger partial charge >= 0.3 is 0 Å². The third-order valence-corrected chi connectivity index (χ3v) is 7.12. The molecule has 0 saturated carbocycles. The Hall–Kier alpha value is -4.88. The zero-order valence-electron chi connectivity index (χ0n) is 21.5. The lowest BCUT2D eigenvalue weighted by atomic mass is 9.93. The highest BCUT2D eigenvalue weighted by molar-refractivity contribution is 5.89. The fourth-order valence-corrected chi connectivity index (χ4v) is 5.08. The van der Waals surface area contributed by atoms with Crippen LogP contribution < -0.4 is 4.90 Å². The van der Waals surface area contributed by atoms with Gasteiger partial charge in [-0.1, -0.05) is 133 Å². The van der Waals surface area contributed by atoms with Crippen LogP contribution in [0.2, 0.25) is 0 Å². The molecule has 0 spiro atoms. The van der Waals surface area contributed by atoms with Crippen molar-refractivity contribution >= 4 is 11.4 Å². The van der Waals surface area contributed by atoms with E-state index in [9.17, 15) is 0 Å². The zero-order valence-corrected chi connectivity index (χ0v) is 21.5. The summed E-state index contributed by atoms with van der Waals surface area (Å²) in [5.74, 6) is 0. The summed E-state index contributed by atoms with van der Waals surface area (Å²) in [4.78, 5) is 2.28. The van der Waals surface area contributed by atoms with Crippen molar-refractivity contribution < 1.29 is 0 Å². The zero-order chi connectivity index (χ0) is 25.7. The van der Waals surface area contributed by atoms with E-state index in [-0.39, 0.29) is 0 Å². The Morgan fingerprint density at radius 3 is 0.921 bits per heavy atom. The number of nitrogens with zero attached hydrogens (tertiary/aromatic N) is 1. The van der Waals surface area contributed by atoms with E-state index in [1.54, 1.807) is 0 Å². The topological polar surface area (TPSA) is 3.24 Å². The van der Waals surface area contributed by atoms with Crippen LogP contribution in [0.3, 0.4) is 0 Å². The first kappa shape index (κ1) is 23.5. The van der Waals surface area contributed by atoms with Crippen LogP contribution in [0.1, 0.15) is 0 Å². The molecule has 0 amide bonds. The molecular weight excluding hydrogens is 458 g/mol. The fourth-order valence-electron chi connectivity index (χ4n) is 5.08. The van der Waals surface area contributed by atoms with Gasteiger partial charge < -0.3 is 4.90 Å². The van der Waals surface area contributed by atoms with Crippen LogP contribution in [-0.4, -0.2) is 7.05 Å². The van der Waals surface area contributed by atoms with Gasteiger partial charge in [-0.25, -0.2) is 0 Å². The highest BCUT2D eigenvalue weighted by Gasteiger charge is 2.14. The lowest BCUT2D eigenvalue weighted by molar-refractivity contribution is 1.21. The van der Waals surface area contributed by atoms with Crippen LogP contribution in [0, 0.1) is 0 Å². The van der Waals surface area contributed by atoms with Gasteiger partial charge in [0.1, 0.15) is 0 Å². The Bertz CT molecular complexity index is 1510. The number of anilines is 2. The maximum atomic E-state index is 2.31. The summed E-state index contributed by atoms with van der Waals surface area (Å²) >= 11 is 0. The number of hydrogen-bond donors (Lipinski definition) is 0. The molecule has 0 saturated heterocycles. The van der Waals surface area contributed by atoms with Crippen molar-refractivity contribution in [2.45, 2.75) is 0 Å². The molecule has 0 atom stereocenters. The van der Waals surface area contributed by atoms with Gasteiger partial charge in [-0.3, -0.25) is 0 Å². The van der Waals surface area contributed by atoms with Crippen molar-refractivity contribution in [3.05, 3.63) is 158 Å². The Kier molecular flexibility index (Phi) is 6.57. The van der Waals surface area contributed by atoms with Crippen molar-refractivity contribution in [3.8, 4) is 44.5 Å². The predicted octanol–water partition coefficient (Wildman–Crippen LogP) is 10.1. The van der Waals surface area contributed by atoms with Crippen molar-refractivity contribution in [1.29, 1.82) is 0 Å². The van der Waals surface area contributed by atoms with Crippen molar-refractivity contribution in [1.82, 2.24) is 0 Å². The monoisotopic (exact) mass is 487 g/mol. The highest BCUT2D eigenvalue weighted by atomic mass is 15.1. The Morgan fingerprint density at radius 2 is 0.605 bits per heavy atom. The molecule has 6 rings (SSSR count). The van der Waals surface area contributed by atoms with E-state index >= 15 is 0 Å². The van der Waals surface area contributed by atoms with Crippen molar-refractivity contribution in [3.63, 3.8) is 0 Å². The molecule has 0 aliphatic rings. The first-order valence-corrected chi connectivity index (χ1v) is 13.0. The molecule has 6 aromatic rings. The lowest BCUT2D eigenvalue weighted by Gasteiger charge is -2.24. The molecule has 0 unspecified atom stereocenters. The van der Waals surface area contributed by atoms with Crippen LogP contribution in [0.5, 0.6) is 0 Å². The summed E-state index contributed by atoms with van der Waals surface area (Å²) in [5, 5.41) is 0. The average Bonchev–Trinajstić information content (AvgIpc) is 3.02. The Labute approximate surface area is 225 Å². The molecule has 1 heteroatoms. The third-order valence-electron chi connectivity index (χ3n) is 7.12. The van der Waals surface area contributed by atoms with Gasteiger partial charge in [-0.05, 0) is 68.8 Å². The molecule has 38 heavy (non-hydrogen) atoms. The van der Waals surface area contributed by atoms with E-state index < -0.39 is 0 Å². The SMILES string of the molecule is CN(c1ccc(-c2ccccc2)c(-c2ccccc2)c1)c1ccc(-c2ccccc2)c(-c2ccccc2)c1. The summed E-state index contributed by atoms with van der Waals surface area (Å²) in [6.45, 7) is 0. The van der Waals surface area contributed by atoms with E-state index in [0.717, 1.165) is 11.4 Å². The van der Waals surface area contributed by atoms with Gasteiger partial charge in [-0.15, -0.1) is 0 Å². The average molecular weight is 488 g/mol. The second-order valence-corrected chi connectivity index (χ2v) is 9.48. The molecule has 0 fully saturated rings. The molecule has 0 N–H and O–H groups in total. The van der Waals surface area contributed by atoms with E-state index in [0.29, 0.717) is 0 Å². The second-order valence-electron chi connectivity index (χ2n) is 9.48. The normalized spacial score (nSPS) is 10.8. The van der Waals surface area contributed by atoms with Crippen LogP contribution in [0.25, 0.3) is 44.5 Å². The number of hydrogen-bond acceptors (Lipinski definition) is 1. The smallest absolute Gasteiger partial charge is 0.0414 e. The Balaban J connectivity index is 1.46. The van der Waals surface area contributed by atoms with Crippen molar-refractivity contribution in [2.75, 3.05) is 11.9 Å². The van der Waals surface area contributed by atoms with Gasteiger partial charge in [0.25, 0.3) is 0 Å². The van der Waals surface area contributed by atoms with E-state index in [2.05, 4.69) is 170 Å². The largest absolute Gasteiger partial charge is 0.345 e. The minimum atomic E-state index is 1.15. The van der Waals surface area contributed by atoms with Gasteiger partial charge in [0.05, 0.1) is 0 Å². The van der Waals surface area contributed by atoms with Crippen LogP contribution in [0.15, 0.2) is 158 Å². The Morgan fingerprint density at radius 1 is 0.316 bits per heavy atom. The molecule has 0 radical (unpaired) electrons. The van der Waals surface area contributed by atoms with Crippen molar-refractivity contribution in [2.24, 2.45) is 0 Å². The summed E-state index contributed by atoms with van der Waals surface area (Å²) < 4.78 is 0. The quantitative estimate of drug-likeness (QED) is 0.226. The van der Waals surface area contributed by atoms with E-state index in [1.165, 1.54) is 44.5 Å². The van der Waals surface area contributed by atoms with Gasteiger partial charge in [0.2, 0.25) is 0 Å². The molecule has 1 nitrogen and oxygen atoms in total. The van der Waals surface area contributed by atoms with Crippen LogP contribution >= 0.6 is 0 Å². The number of rotatable bonds is 6. The maximum Gasteiger partial charge on any atom is 0.0414 e. The maximum absolute atomic E-state index is 2.31. The van der Waals surface area contributed by atoms with Crippen LogP contribution in [0.4, 0.5) is 11.4 Å². The summed E-state index contributed by atoms with van der Waals surface area (Å²) in [6.07, 6.45) is 0. The minimum Gasteiger partial charge on any atom is -0.345 e. The van der Waals surface area contributed by atoms with E-state index in [4.69, 9.17) is 0 Å².